The molecule has 18 heavy (non-hydrogen) atoms. The van der Waals surface area contributed by atoms with Gasteiger partial charge in [-0.15, -0.1) is 0 Å². The van der Waals surface area contributed by atoms with E-state index in [1.54, 1.807) is 0 Å². The number of hydrogen-bond acceptors (Lipinski definition) is 2. The number of anilines is 1. The number of carboxylic acid groups (broad SMARTS) is 1. The first-order chi connectivity index (χ1) is 8.45. The molecule has 1 aromatic carbocycles. The number of hydrogen-bond donors (Lipinski definition) is 2. The van der Waals surface area contributed by atoms with E-state index in [9.17, 15) is 13.6 Å². The van der Waals surface area contributed by atoms with Crippen LogP contribution < -0.4 is 5.32 Å². The Labute approximate surface area is 105 Å². The van der Waals surface area contributed by atoms with Crippen LogP contribution in [0.3, 0.4) is 0 Å². The molecule has 0 aliphatic rings. The predicted molar refractivity (Wildman–Crippen MR) is 65.9 cm³/mol. The van der Waals surface area contributed by atoms with Crippen molar-refractivity contribution < 1.29 is 18.7 Å². The minimum absolute atomic E-state index is 0.0248. The van der Waals surface area contributed by atoms with Crippen LogP contribution in [0.15, 0.2) is 12.1 Å². The molecule has 1 atom stereocenters. The van der Waals surface area contributed by atoms with Crippen molar-refractivity contribution in [3.05, 3.63) is 29.3 Å². The van der Waals surface area contributed by atoms with Crippen LogP contribution in [0.2, 0.25) is 0 Å². The van der Waals surface area contributed by atoms with Crippen LogP contribution in [0, 0.1) is 17.6 Å². The molecule has 0 saturated heterocycles. The Morgan fingerprint density at radius 1 is 1.39 bits per heavy atom. The number of carboxylic acids is 1. The van der Waals surface area contributed by atoms with Gasteiger partial charge in [0.2, 0.25) is 0 Å². The molecule has 0 aliphatic carbocycles. The first-order valence-corrected chi connectivity index (χ1v) is 5.91. The maximum absolute atomic E-state index is 13.4. The maximum Gasteiger partial charge on any atom is 0.338 e. The number of benzene rings is 1. The summed E-state index contributed by atoms with van der Waals surface area (Å²) >= 11 is 0. The molecule has 0 fully saturated rings. The largest absolute Gasteiger partial charge is 0.478 e. The molecule has 3 nitrogen and oxygen atoms in total. The summed E-state index contributed by atoms with van der Waals surface area (Å²) in [5, 5.41) is 11.6. The first-order valence-electron chi connectivity index (χ1n) is 5.91. The lowest BCUT2D eigenvalue weighted by Gasteiger charge is -2.13. The number of rotatable bonds is 6. The van der Waals surface area contributed by atoms with Gasteiger partial charge in [-0.2, -0.15) is 0 Å². The van der Waals surface area contributed by atoms with Gasteiger partial charge in [-0.25, -0.2) is 13.6 Å². The summed E-state index contributed by atoms with van der Waals surface area (Å²) in [4.78, 5) is 10.7. The first kappa shape index (κ1) is 14.4. The number of carbonyl (C=O) groups is 1. The van der Waals surface area contributed by atoms with Crippen molar-refractivity contribution in [2.75, 3.05) is 11.9 Å². The van der Waals surface area contributed by atoms with Gasteiger partial charge in [-0.3, -0.25) is 0 Å². The molecular formula is C13H17F2NO2. The van der Waals surface area contributed by atoms with Crippen molar-refractivity contribution in [1.29, 1.82) is 0 Å². The van der Waals surface area contributed by atoms with Gasteiger partial charge in [-0.05, 0) is 18.4 Å². The smallest absolute Gasteiger partial charge is 0.338 e. The zero-order valence-corrected chi connectivity index (χ0v) is 10.5. The third-order valence-corrected chi connectivity index (χ3v) is 2.71. The minimum Gasteiger partial charge on any atom is -0.478 e. The normalized spacial score (nSPS) is 12.2. The van der Waals surface area contributed by atoms with Gasteiger partial charge in [0.1, 0.15) is 11.6 Å². The lowest BCUT2D eigenvalue weighted by molar-refractivity contribution is 0.0692. The van der Waals surface area contributed by atoms with Gasteiger partial charge in [0.25, 0.3) is 0 Å². The summed E-state index contributed by atoms with van der Waals surface area (Å²) < 4.78 is 26.6. The molecule has 100 valence electrons. The van der Waals surface area contributed by atoms with Crippen molar-refractivity contribution in [3.63, 3.8) is 0 Å². The second-order valence-corrected chi connectivity index (χ2v) is 4.39. The molecule has 1 unspecified atom stereocenters. The van der Waals surface area contributed by atoms with Crippen molar-refractivity contribution in [2.24, 2.45) is 5.92 Å². The summed E-state index contributed by atoms with van der Waals surface area (Å²) in [6.07, 6.45) is 2.01. The van der Waals surface area contributed by atoms with Crippen molar-refractivity contribution in [1.82, 2.24) is 0 Å². The highest BCUT2D eigenvalue weighted by Crippen LogP contribution is 2.20. The molecule has 2 N–H and O–H groups in total. The van der Waals surface area contributed by atoms with Crippen LogP contribution in [-0.2, 0) is 0 Å². The Hall–Kier alpha value is -1.65. The van der Waals surface area contributed by atoms with Gasteiger partial charge in [0.15, 0.2) is 0 Å². The third kappa shape index (κ3) is 3.68. The van der Waals surface area contributed by atoms with E-state index in [0.29, 0.717) is 18.5 Å². The molecular weight excluding hydrogens is 240 g/mol. The Kier molecular flexibility index (Phi) is 5.07. The Balaban J connectivity index is 2.82. The molecule has 1 aromatic rings. The van der Waals surface area contributed by atoms with Crippen molar-refractivity contribution in [2.45, 2.75) is 26.7 Å². The van der Waals surface area contributed by atoms with E-state index in [1.807, 2.05) is 6.92 Å². The van der Waals surface area contributed by atoms with E-state index in [4.69, 9.17) is 5.11 Å². The van der Waals surface area contributed by atoms with E-state index < -0.39 is 23.2 Å². The zero-order chi connectivity index (χ0) is 13.7. The van der Waals surface area contributed by atoms with Crippen LogP contribution in [-0.4, -0.2) is 17.6 Å². The third-order valence-electron chi connectivity index (χ3n) is 2.71. The van der Waals surface area contributed by atoms with E-state index in [0.717, 1.165) is 18.9 Å². The maximum atomic E-state index is 13.4. The molecule has 0 aromatic heterocycles. The standard InChI is InChI=1S/C13H17F2NO2/c1-3-4-8(2)7-16-12-5-9(13(17)18)10(14)6-11(12)15/h5-6,8,16H,3-4,7H2,1-2H3,(H,17,18). The Morgan fingerprint density at radius 2 is 2.06 bits per heavy atom. The van der Waals surface area contributed by atoms with E-state index in [-0.39, 0.29) is 5.69 Å². The molecule has 1 rings (SSSR count). The lowest BCUT2D eigenvalue weighted by Crippen LogP contribution is -2.13. The summed E-state index contributed by atoms with van der Waals surface area (Å²) in [5.74, 6) is -2.90. The second kappa shape index (κ2) is 6.33. The molecule has 0 spiro atoms. The summed E-state index contributed by atoms with van der Waals surface area (Å²) in [7, 11) is 0. The average Bonchev–Trinajstić information content (AvgIpc) is 2.27. The molecule has 0 amide bonds. The SMILES string of the molecule is CCCC(C)CNc1cc(C(=O)O)c(F)cc1F. The van der Waals surface area contributed by atoms with Crippen LogP contribution in [0.4, 0.5) is 14.5 Å². The second-order valence-electron chi connectivity index (χ2n) is 4.39. The number of halogens is 2. The van der Waals surface area contributed by atoms with E-state index >= 15 is 0 Å². The van der Waals surface area contributed by atoms with E-state index in [2.05, 4.69) is 12.2 Å². The average molecular weight is 257 g/mol. The highest BCUT2D eigenvalue weighted by atomic mass is 19.1. The molecule has 0 radical (unpaired) electrons. The predicted octanol–water partition coefficient (Wildman–Crippen LogP) is 3.51. The summed E-state index contributed by atoms with van der Waals surface area (Å²) in [5.41, 5.74) is -0.501. The summed E-state index contributed by atoms with van der Waals surface area (Å²) in [6.45, 7) is 4.59. The fraction of sp³-hybridized carbons (Fsp3) is 0.462. The van der Waals surface area contributed by atoms with Gasteiger partial charge in [0, 0.05) is 12.6 Å². The van der Waals surface area contributed by atoms with E-state index in [1.165, 1.54) is 0 Å². The fourth-order valence-corrected chi connectivity index (χ4v) is 1.73. The number of aromatic carboxylic acids is 1. The lowest BCUT2D eigenvalue weighted by atomic mass is 10.1. The highest BCUT2D eigenvalue weighted by Gasteiger charge is 2.15. The topological polar surface area (TPSA) is 49.3 Å². The van der Waals surface area contributed by atoms with Crippen LogP contribution in [0.5, 0.6) is 0 Å². The monoisotopic (exact) mass is 257 g/mol. The van der Waals surface area contributed by atoms with Crippen LogP contribution in [0.25, 0.3) is 0 Å². The van der Waals surface area contributed by atoms with Crippen molar-refractivity contribution in [3.8, 4) is 0 Å². The van der Waals surface area contributed by atoms with Crippen molar-refractivity contribution >= 4 is 11.7 Å². The Morgan fingerprint density at radius 3 is 2.61 bits per heavy atom. The molecule has 0 saturated carbocycles. The van der Waals surface area contributed by atoms with Gasteiger partial charge < -0.3 is 10.4 Å². The summed E-state index contributed by atoms with van der Waals surface area (Å²) in [6, 6.07) is 1.59. The van der Waals surface area contributed by atoms with Gasteiger partial charge >= 0.3 is 5.97 Å². The van der Waals surface area contributed by atoms with Gasteiger partial charge in [0.05, 0.1) is 11.3 Å². The molecule has 0 bridgehead atoms. The molecule has 0 aliphatic heterocycles. The Bertz CT molecular complexity index is 435. The van der Waals surface area contributed by atoms with Crippen LogP contribution >= 0.6 is 0 Å². The highest BCUT2D eigenvalue weighted by molar-refractivity contribution is 5.89. The molecule has 5 heteroatoms. The van der Waals surface area contributed by atoms with Gasteiger partial charge in [-0.1, -0.05) is 20.3 Å². The minimum atomic E-state index is -1.41. The quantitative estimate of drug-likeness (QED) is 0.819. The molecule has 0 heterocycles. The number of nitrogens with one attached hydrogen (secondary N) is 1. The van der Waals surface area contributed by atoms with Crippen LogP contribution in [0.1, 0.15) is 37.0 Å². The fourth-order valence-electron chi connectivity index (χ4n) is 1.73. The zero-order valence-electron chi connectivity index (χ0n) is 10.5.